The Bertz CT molecular complexity index is 688. The van der Waals surface area contributed by atoms with E-state index in [0.29, 0.717) is 25.1 Å². The van der Waals surface area contributed by atoms with Crippen molar-refractivity contribution in [2.45, 2.75) is 19.4 Å². The highest BCUT2D eigenvalue weighted by atomic mass is 16.5. The monoisotopic (exact) mass is 328 g/mol. The van der Waals surface area contributed by atoms with Crippen molar-refractivity contribution in [1.29, 1.82) is 0 Å². The van der Waals surface area contributed by atoms with Gasteiger partial charge in [-0.2, -0.15) is 0 Å². The Morgan fingerprint density at radius 2 is 1.92 bits per heavy atom. The molecular formula is C18H20N2O4. The van der Waals surface area contributed by atoms with Crippen LogP contribution in [0.3, 0.4) is 0 Å². The molecule has 1 N–H and O–H groups in total. The number of hydrogen-bond acceptors (Lipinski definition) is 4. The van der Waals surface area contributed by atoms with Crippen molar-refractivity contribution in [2.75, 3.05) is 13.7 Å². The molecule has 0 fully saturated rings. The Morgan fingerprint density at radius 1 is 1.17 bits per heavy atom. The summed E-state index contributed by atoms with van der Waals surface area (Å²) in [4.78, 5) is 29.3. The second-order valence-electron chi connectivity index (χ2n) is 5.27. The lowest BCUT2D eigenvalue weighted by atomic mass is 10.1. The number of nitrogens with zero attached hydrogens (tertiary/aromatic N) is 2. The number of carbonyl (C=O) groups is 2. The summed E-state index contributed by atoms with van der Waals surface area (Å²) in [6.07, 6.45) is 1.96. The highest BCUT2D eigenvalue weighted by Gasteiger charge is 2.20. The van der Waals surface area contributed by atoms with Crippen LogP contribution < -0.4 is 4.74 Å². The quantitative estimate of drug-likeness (QED) is 0.806. The maximum absolute atomic E-state index is 12.9. The van der Waals surface area contributed by atoms with E-state index < -0.39 is 5.97 Å². The number of carboxylic acids is 1. The summed E-state index contributed by atoms with van der Waals surface area (Å²) in [6, 6.07) is 12.9. The van der Waals surface area contributed by atoms with Gasteiger partial charge in [0.15, 0.2) is 0 Å². The molecule has 0 aliphatic heterocycles. The third-order valence-electron chi connectivity index (χ3n) is 3.52. The number of methoxy groups -OCH3 is 1. The first-order valence-corrected chi connectivity index (χ1v) is 7.66. The van der Waals surface area contributed by atoms with Crippen LogP contribution >= 0.6 is 0 Å². The maximum atomic E-state index is 12.9. The number of carbonyl (C=O) groups excluding carboxylic acids is 1. The van der Waals surface area contributed by atoms with E-state index in [4.69, 9.17) is 9.84 Å². The van der Waals surface area contributed by atoms with E-state index >= 15 is 0 Å². The van der Waals surface area contributed by atoms with Crippen molar-refractivity contribution in [3.05, 3.63) is 59.8 Å². The van der Waals surface area contributed by atoms with Gasteiger partial charge in [-0.3, -0.25) is 9.59 Å². The predicted molar refractivity (Wildman–Crippen MR) is 88.8 cm³/mol. The van der Waals surface area contributed by atoms with Crippen LogP contribution in [-0.4, -0.2) is 40.5 Å². The first-order valence-electron chi connectivity index (χ1n) is 7.66. The van der Waals surface area contributed by atoms with Gasteiger partial charge >= 0.3 is 5.97 Å². The van der Waals surface area contributed by atoms with Crippen LogP contribution in [0.25, 0.3) is 0 Å². The Morgan fingerprint density at radius 3 is 2.58 bits per heavy atom. The Hall–Kier alpha value is -2.89. The number of aliphatic carboxylic acids is 1. The van der Waals surface area contributed by atoms with Crippen LogP contribution in [0.2, 0.25) is 0 Å². The first-order chi connectivity index (χ1) is 11.6. The van der Waals surface area contributed by atoms with Crippen LogP contribution in [0.1, 0.15) is 28.8 Å². The molecule has 0 atom stereocenters. The van der Waals surface area contributed by atoms with Gasteiger partial charge in [0.2, 0.25) is 5.88 Å². The first kappa shape index (κ1) is 17.5. The minimum absolute atomic E-state index is 0.0166. The largest absolute Gasteiger partial charge is 0.481 e. The summed E-state index contributed by atoms with van der Waals surface area (Å²) in [5, 5.41) is 8.82. The number of pyridine rings is 1. The van der Waals surface area contributed by atoms with Crippen LogP contribution in [0.4, 0.5) is 0 Å². The number of amides is 1. The smallest absolute Gasteiger partial charge is 0.303 e. The van der Waals surface area contributed by atoms with E-state index in [0.717, 1.165) is 5.56 Å². The van der Waals surface area contributed by atoms with E-state index in [1.165, 1.54) is 7.11 Å². The second kappa shape index (κ2) is 8.67. The molecule has 0 unspecified atom stereocenters. The molecule has 6 nitrogen and oxygen atoms in total. The molecule has 0 bridgehead atoms. The predicted octanol–water partition coefficient (Wildman–Crippen LogP) is 2.60. The molecule has 2 rings (SSSR count). The van der Waals surface area contributed by atoms with Gasteiger partial charge in [-0.05, 0) is 24.1 Å². The summed E-state index contributed by atoms with van der Waals surface area (Å²) < 4.78 is 5.16. The molecule has 0 aliphatic rings. The van der Waals surface area contributed by atoms with Crippen molar-refractivity contribution in [2.24, 2.45) is 0 Å². The number of carboxylic acid groups (broad SMARTS) is 1. The lowest BCUT2D eigenvalue weighted by Crippen LogP contribution is -2.32. The van der Waals surface area contributed by atoms with Gasteiger partial charge in [-0.25, -0.2) is 4.98 Å². The Kier molecular flexibility index (Phi) is 6.31. The standard InChI is InChI=1S/C18H20N2O4/c1-24-17-15(9-5-11-19-17)18(23)20(12-6-10-16(21)22)13-14-7-3-2-4-8-14/h2-5,7-9,11H,6,10,12-13H2,1H3,(H,21,22). The van der Waals surface area contributed by atoms with Gasteiger partial charge in [0, 0.05) is 25.7 Å². The average molecular weight is 328 g/mol. The lowest BCUT2D eigenvalue weighted by molar-refractivity contribution is -0.137. The van der Waals surface area contributed by atoms with E-state index in [-0.39, 0.29) is 18.2 Å². The molecule has 1 heterocycles. The zero-order valence-corrected chi connectivity index (χ0v) is 13.5. The fourth-order valence-corrected chi connectivity index (χ4v) is 2.36. The minimum Gasteiger partial charge on any atom is -0.481 e. The third kappa shape index (κ3) is 4.81. The SMILES string of the molecule is COc1ncccc1C(=O)N(CCCC(=O)O)Cc1ccccc1. The van der Waals surface area contributed by atoms with Crippen molar-refractivity contribution < 1.29 is 19.4 Å². The van der Waals surface area contributed by atoms with Crippen molar-refractivity contribution in [3.63, 3.8) is 0 Å². The van der Waals surface area contributed by atoms with E-state index in [1.54, 1.807) is 23.2 Å². The number of benzene rings is 1. The minimum atomic E-state index is -0.874. The van der Waals surface area contributed by atoms with E-state index in [2.05, 4.69) is 4.98 Å². The summed E-state index contributed by atoms with van der Waals surface area (Å²) in [6.45, 7) is 0.745. The van der Waals surface area contributed by atoms with E-state index in [1.807, 2.05) is 30.3 Å². The van der Waals surface area contributed by atoms with Gasteiger partial charge in [0.25, 0.3) is 5.91 Å². The molecule has 2 aromatic rings. The molecule has 1 amide bonds. The highest BCUT2D eigenvalue weighted by molar-refractivity contribution is 5.96. The van der Waals surface area contributed by atoms with Gasteiger partial charge in [0.05, 0.1) is 7.11 Å². The molecule has 6 heteroatoms. The normalized spacial score (nSPS) is 10.2. The van der Waals surface area contributed by atoms with Crippen molar-refractivity contribution in [3.8, 4) is 5.88 Å². The molecule has 1 aromatic heterocycles. The fourth-order valence-electron chi connectivity index (χ4n) is 2.36. The molecule has 0 radical (unpaired) electrons. The average Bonchev–Trinajstić information content (AvgIpc) is 2.61. The Balaban J connectivity index is 2.19. The van der Waals surface area contributed by atoms with Crippen molar-refractivity contribution in [1.82, 2.24) is 9.88 Å². The molecule has 0 saturated carbocycles. The molecule has 0 aliphatic carbocycles. The van der Waals surface area contributed by atoms with Crippen LogP contribution in [0, 0.1) is 0 Å². The lowest BCUT2D eigenvalue weighted by Gasteiger charge is -2.23. The molecule has 126 valence electrons. The maximum Gasteiger partial charge on any atom is 0.303 e. The molecular weight excluding hydrogens is 308 g/mol. The highest BCUT2D eigenvalue weighted by Crippen LogP contribution is 2.18. The number of ether oxygens (including phenoxy) is 1. The zero-order valence-electron chi connectivity index (χ0n) is 13.5. The topological polar surface area (TPSA) is 79.7 Å². The van der Waals surface area contributed by atoms with Gasteiger partial charge in [0.1, 0.15) is 5.56 Å². The summed E-state index contributed by atoms with van der Waals surface area (Å²) in [5.74, 6) is -0.839. The van der Waals surface area contributed by atoms with E-state index in [9.17, 15) is 9.59 Å². The number of hydrogen-bond donors (Lipinski definition) is 1. The summed E-state index contributed by atoms with van der Waals surface area (Å²) in [5.41, 5.74) is 1.34. The molecule has 1 aromatic carbocycles. The Labute approximate surface area is 140 Å². The van der Waals surface area contributed by atoms with Gasteiger partial charge in [-0.15, -0.1) is 0 Å². The van der Waals surface area contributed by atoms with Gasteiger partial charge < -0.3 is 14.7 Å². The fraction of sp³-hybridized carbons (Fsp3) is 0.278. The van der Waals surface area contributed by atoms with Crippen molar-refractivity contribution >= 4 is 11.9 Å². The van der Waals surface area contributed by atoms with Crippen LogP contribution in [0.15, 0.2) is 48.7 Å². The molecule has 24 heavy (non-hydrogen) atoms. The summed E-state index contributed by atoms with van der Waals surface area (Å²) >= 11 is 0. The van der Waals surface area contributed by atoms with Gasteiger partial charge in [-0.1, -0.05) is 30.3 Å². The third-order valence-corrected chi connectivity index (χ3v) is 3.52. The van der Waals surface area contributed by atoms with Crippen LogP contribution in [-0.2, 0) is 11.3 Å². The number of rotatable bonds is 8. The zero-order chi connectivity index (χ0) is 17.4. The van der Waals surface area contributed by atoms with Crippen LogP contribution in [0.5, 0.6) is 5.88 Å². The second-order valence-corrected chi connectivity index (χ2v) is 5.27. The molecule has 0 spiro atoms. The summed E-state index contributed by atoms with van der Waals surface area (Å²) in [7, 11) is 1.46. The number of aromatic nitrogens is 1. The molecule has 0 saturated heterocycles.